The van der Waals surface area contributed by atoms with Gasteiger partial charge in [-0.05, 0) is 18.2 Å². The summed E-state index contributed by atoms with van der Waals surface area (Å²) < 4.78 is 4.96. The summed E-state index contributed by atoms with van der Waals surface area (Å²) in [5.41, 5.74) is 0.695. The van der Waals surface area contributed by atoms with Crippen molar-refractivity contribution in [2.45, 2.75) is 0 Å². The lowest BCUT2D eigenvalue weighted by molar-refractivity contribution is 0.0963. The van der Waals surface area contributed by atoms with Crippen molar-refractivity contribution in [3.8, 4) is 5.75 Å². The summed E-state index contributed by atoms with van der Waals surface area (Å²) in [5, 5.41) is 2.47. The van der Waals surface area contributed by atoms with Crippen LogP contribution in [0, 0.1) is 0 Å². The van der Waals surface area contributed by atoms with Gasteiger partial charge in [0.1, 0.15) is 11.4 Å². The Kier molecular flexibility index (Phi) is 3.60. The summed E-state index contributed by atoms with van der Waals surface area (Å²) in [5.74, 6) is 0.172. The summed E-state index contributed by atoms with van der Waals surface area (Å²) in [6.07, 6.45) is 1.41. The minimum Gasteiger partial charge on any atom is -0.494 e. The molecule has 0 atom stereocenters. The number of carbonyl (C=O) groups excluding carboxylic acids is 2. The van der Waals surface area contributed by atoms with Crippen molar-refractivity contribution in [3.63, 3.8) is 0 Å². The van der Waals surface area contributed by atoms with Gasteiger partial charge < -0.3 is 10.1 Å². The van der Waals surface area contributed by atoms with Gasteiger partial charge in [-0.2, -0.15) is 4.99 Å². The Morgan fingerprint density at radius 1 is 1.53 bits per heavy atom. The second kappa shape index (κ2) is 4.93. The monoisotopic (exact) mass is 206 g/mol. The Labute approximate surface area is 86.8 Å². The summed E-state index contributed by atoms with van der Waals surface area (Å²) in [6, 6.07) is 4.62. The molecule has 0 saturated carbocycles. The number of isocyanates is 1. The van der Waals surface area contributed by atoms with E-state index in [0.717, 1.165) is 0 Å². The highest BCUT2D eigenvalue weighted by molar-refractivity contribution is 5.95. The molecule has 0 unspecified atom stereocenters. The van der Waals surface area contributed by atoms with E-state index in [2.05, 4.69) is 10.3 Å². The molecule has 15 heavy (non-hydrogen) atoms. The van der Waals surface area contributed by atoms with Crippen LogP contribution in [0.25, 0.3) is 0 Å². The molecule has 0 aliphatic rings. The van der Waals surface area contributed by atoms with Crippen molar-refractivity contribution >= 4 is 17.7 Å². The van der Waals surface area contributed by atoms with E-state index >= 15 is 0 Å². The van der Waals surface area contributed by atoms with Crippen molar-refractivity contribution < 1.29 is 14.3 Å². The summed E-state index contributed by atoms with van der Waals surface area (Å²) in [6.45, 7) is 0. The van der Waals surface area contributed by atoms with E-state index in [9.17, 15) is 9.59 Å². The standard InChI is InChI=1S/C10H10N2O3/c1-11-10(14)7-3-4-9(15-2)8(5-7)12-6-13/h3-5H,1-2H3,(H,11,14). The third kappa shape index (κ3) is 2.42. The second-order valence-electron chi connectivity index (χ2n) is 2.67. The molecule has 1 N–H and O–H groups in total. The SMILES string of the molecule is CNC(=O)c1ccc(OC)c(N=C=O)c1. The molecule has 0 heterocycles. The maximum Gasteiger partial charge on any atom is 0.251 e. The molecule has 0 bridgehead atoms. The van der Waals surface area contributed by atoms with Crippen LogP contribution >= 0.6 is 0 Å². The lowest BCUT2D eigenvalue weighted by atomic mass is 10.2. The first-order valence-electron chi connectivity index (χ1n) is 4.21. The van der Waals surface area contributed by atoms with Gasteiger partial charge in [0.25, 0.3) is 5.91 Å². The van der Waals surface area contributed by atoms with E-state index in [1.54, 1.807) is 12.1 Å². The molecule has 78 valence electrons. The third-order valence-corrected chi connectivity index (χ3v) is 1.83. The summed E-state index contributed by atoms with van der Waals surface area (Å²) >= 11 is 0. The highest BCUT2D eigenvalue weighted by Gasteiger charge is 2.07. The van der Waals surface area contributed by atoms with Crippen LogP contribution in [0.15, 0.2) is 23.2 Å². The molecule has 1 rings (SSSR count). The Hall–Kier alpha value is -2.13. The van der Waals surface area contributed by atoms with Gasteiger partial charge in [0.15, 0.2) is 0 Å². The number of amides is 1. The van der Waals surface area contributed by atoms with Gasteiger partial charge in [0, 0.05) is 12.6 Å². The Morgan fingerprint density at radius 2 is 2.27 bits per heavy atom. The van der Waals surface area contributed by atoms with Crippen LogP contribution in [-0.4, -0.2) is 26.1 Å². The van der Waals surface area contributed by atoms with Crippen LogP contribution in [0.3, 0.4) is 0 Å². The van der Waals surface area contributed by atoms with Crippen molar-refractivity contribution in [1.29, 1.82) is 0 Å². The highest BCUT2D eigenvalue weighted by Crippen LogP contribution is 2.27. The normalized spacial score (nSPS) is 8.93. The molecule has 1 aromatic rings. The maximum atomic E-state index is 11.3. The fourth-order valence-corrected chi connectivity index (χ4v) is 1.11. The number of ether oxygens (including phenoxy) is 1. The van der Waals surface area contributed by atoms with E-state index in [1.807, 2.05) is 0 Å². The van der Waals surface area contributed by atoms with Crippen LogP contribution in [0.5, 0.6) is 5.75 Å². The molecule has 1 amide bonds. The van der Waals surface area contributed by atoms with Crippen LogP contribution in [0.2, 0.25) is 0 Å². The highest BCUT2D eigenvalue weighted by atomic mass is 16.5. The topological polar surface area (TPSA) is 67.8 Å². The molecule has 0 saturated heterocycles. The third-order valence-electron chi connectivity index (χ3n) is 1.83. The molecule has 0 spiro atoms. The first kappa shape index (κ1) is 10.9. The maximum absolute atomic E-state index is 11.3. The van der Waals surface area contributed by atoms with Crippen LogP contribution in [0.1, 0.15) is 10.4 Å². The van der Waals surface area contributed by atoms with Gasteiger partial charge in [-0.15, -0.1) is 0 Å². The Morgan fingerprint density at radius 3 is 2.80 bits per heavy atom. The van der Waals surface area contributed by atoms with E-state index < -0.39 is 0 Å². The van der Waals surface area contributed by atoms with E-state index in [4.69, 9.17) is 4.74 Å². The molecular weight excluding hydrogens is 196 g/mol. The fraction of sp³-hybridized carbons (Fsp3) is 0.200. The van der Waals surface area contributed by atoms with Crippen LogP contribution in [-0.2, 0) is 4.79 Å². The predicted octanol–water partition coefficient (Wildman–Crippen LogP) is 1.02. The number of hydrogen-bond donors (Lipinski definition) is 1. The van der Waals surface area contributed by atoms with E-state index in [0.29, 0.717) is 11.3 Å². The van der Waals surface area contributed by atoms with E-state index in [1.165, 1.54) is 26.3 Å². The molecular formula is C10H10N2O3. The van der Waals surface area contributed by atoms with Gasteiger partial charge in [0.2, 0.25) is 6.08 Å². The van der Waals surface area contributed by atoms with Gasteiger partial charge in [-0.3, -0.25) is 4.79 Å². The number of carbonyl (C=O) groups is 1. The first-order chi connectivity index (χ1) is 7.22. The van der Waals surface area contributed by atoms with Crippen LogP contribution < -0.4 is 10.1 Å². The summed E-state index contributed by atoms with van der Waals surface area (Å²) in [4.78, 5) is 24.9. The zero-order chi connectivity index (χ0) is 11.3. The number of nitrogens with one attached hydrogen (secondary N) is 1. The second-order valence-corrected chi connectivity index (χ2v) is 2.67. The van der Waals surface area contributed by atoms with E-state index in [-0.39, 0.29) is 11.6 Å². The quantitative estimate of drug-likeness (QED) is 0.593. The molecule has 0 aromatic heterocycles. The number of aliphatic imine (C=N–C) groups is 1. The smallest absolute Gasteiger partial charge is 0.251 e. The molecule has 5 heteroatoms. The van der Waals surface area contributed by atoms with Gasteiger partial charge >= 0.3 is 0 Å². The minimum atomic E-state index is -0.250. The average molecular weight is 206 g/mol. The number of rotatable bonds is 3. The number of nitrogens with zero attached hydrogens (tertiary/aromatic N) is 1. The zero-order valence-electron chi connectivity index (χ0n) is 8.40. The average Bonchev–Trinajstić information content (AvgIpc) is 2.28. The van der Waals surface area contributed by atoms with Gasteiger partial charge in [-0.25, -0.2) is 4.79 Å². The molecule has 0 aliphatic heterocycles. The number of hydrogen-bond acceptors (Lipinski definition) is 4. The van der Waals surface area contributed by atoms with Crippen molar-refractivity contribution in [1.82, 2.24) is 5.32 Å². The number of methoxy groups -OCH3 is 1. The van der Waals surface area contributed by atoms with Gasteiger partial charge in [0.05, 0.1) is 7.11 Å². The van der Waals surface area contributed by atoms with Gasteiger partial charge in [-0.1, -0.05) is 0 Å². The van der Waals surface area contributed by atoms with Crippen molar-refractivity contribution in [2.75, 3.05) is 14.2 Å². The predicted molar refractivity (Wildman–Crippen MR) is 54.2 cm³/mol. The first-order valence-corrected chi connectivity index (χ1v) is 4.21. The van der Waals surface area contributed by atoms with Crippen LogP contribution in [0.4, 0.5) is 5.69 Å². The molecule has 0 radical (unpaired) electrons. The summed E-state index contributed by atoms with van der Waals surface area (Å²) in [7, 11) is 2.98. The number of benzene rings is 1. The Bertz CT molecular complexity index is 423. The minimum absolute atomic E-state index is 0.250. The van der Waals surface area contributed by atoms with Crippen molar-refractivity contribution in [3.05, 3.63) is 23.8 Å². The van der Waals surface area contributed by atoms with Crippen molar-refractivity contribution in [2.24, 2.45) is 4.99 Å². The Balaban J connectivity index is 3.21. The zero-order valence-corrected chi connectivity index (χ0v) is 8.40. The molecule has 1 aromatic carbocycles. The largest absolute Gasteiger partial charge is 0.494 e. The fourth-order valence-electron chi connectivity index (χ4n) is 1.11. The molecule has 0 aliphatic carbocycles. The molecule has 0 fully saturated rings. The lowest BCUT2D eigenvalue weighted by Crippen LogP contribution is -2.17. The lowest BCUT2D eigenvalue weighted by Gasteiger charge is -2.05. The molecule has 5 nitrogen and oxygen atoms in total.